The molecule has 0 unspecified atom stereocenters. The number of hydrogen-bond donors (Lipinski definition) is 5. The fraction of sp³-hybridized carbons (Fsp3) is 0.442. The second kappa shape index (κ2) is 19.1. The number of nitriles is 1. The highest BCUT2D eigenvalue weighted by Crippen LogP contribution is 2.53. The van der Waals surface area contributed by atoms with E-state index in [-0.39, 0.29) is 56.3 Å². The van der Waals surface area contributed by atoms with Gasteiger partial charge in [-0.05, 0) is 79.4 Å². The number of rotatable bonds is 13. The summed E-state index contributed by atoms with van der Waals surface area (Å²) in [6, 6.07) is 13.5. The van der Waals surface area contributed by atoms with Crippen molar-refractivity contribution in [3.05, 3.63) is 105 Å². The highest BCUT2D eigenvalue weighted by molar-refractivity contribution is 6.40. The number of nitrogens with one attached hydrogen (secondary N) is 5. The molecule has 2 fully saturated rings. The zero-order valence-corrected chi connectivity index (χ0v) is 36.0. The zero-order valence-electron chi connectivity index (χ0n) is 34.4. The quantitative estimate of drug-likeness (QED) is 0.0879. The van der Waals surface area contributed by atoms with Gasteiger partial charge in [0.1, 0.15) is 22.8 Å². The van der Waals surface area contributed by atoms with Gasteiger partial charge in [-0.3, -0.25) is 14.4 Å². The van der Waals surface area contributed by atoms with Gasteiger partial charge in [0, 0.05) is 60.0 Å². The molecular weight excluding hydrogens is 798 g/mol. The molecule has 314 valence electrons. The molecule has 59 heavy (non-hydrogen) atoms. The van der Waals surface area contributed by atoms with Crippen LogP contribution in [-0.2, 0) is 15.0 Å². The molecule has 1 aliphatic heterocycles. The fourth-order valence-electron chi connectivity index (χ4n) is 8.54. The van der Waals surface area contributed by atoms with Crippen molar-refractivity contribution >= 4 is 54.0 Å². The number of amides is 3. The first-order chi connectivity index (χ1) is 27.9. The van der Waals surface area contributed by atoms with Crippen LogP contribution in [0.1, 0.15) is 94.1 Å². The van der Waals surface area contributed by atoms with Crippen molar-refractivity contribution < 1.29 is 27.9 Å². The molecule has 1 heterocycles. The second-order valence-corrected chi connectivity index (χ2v) is 17.4. The fourth-order valence-corrected chi connectivity index (χ4v) is 8.88. The van der Waals surface area contributed by atoms with Crippen LogP contribution in [0.3, 0.4) is 0 Å². The number of carbonyl (C=O) groups is 3. The number of hydrogen-bond acceptors (Lipinski definition) is 8. The normalized spacial score (nSPS) is 23.2. The predicted molar refractivity (Wildman–Crippen MR) is 228 cm³/mol. The van der Waals surface area contributed by atoms with Gasteiger partial charge in [-0.25, -0.2) is 14.2 Å². The highest BCUT2D eigenvalue weighted by Gasteiger charge is 2.61. The number of anilines is 1. The third-order valence-electron chi connectivity index (χ3n) is 11.2. The van der Waals surface area contributed by atoms with Crippen LogP contribution >= 0.6 is 23.2 Å². The first-order valence-corrected chi connectivity index (χ1v) is 20.4. The Morgan fingerprint density at radius 2 is 1.78 bits per heavy atom. The van der Waals surface area contributed by atoms with Crippen LogP contribution in [0.5, 0.6) is 5.75 Å². The van der Waals surface area contributed by atoms with E-state index >= 15 is 8.78 Å². The van der Waals surface area contributed by atoms with E-state index in [9.17, 15) is 19.6 Å². The van der Waals surface area contributed by atoms with Crippen molar-refractivity contribution in [3.8, 4) is 11.8 Å². The van der Waals surface area contributed by atoms with Crippen LogP contribution in [0.25, 0.3) is 0 Å². The number of ether oxygens (including phenoxy) is 1. The number of benzene rings is 3. The Kier molecular flexibility index (Phi) is 14.7. The van der Waals surface area contributed by atoms with Gasteiger partial charge < -0.3 is 30.9 Å². The minimum Gasteiger partial charge on any atom is -0.495 e. The Bertz CT molecular complexity index is 2120. The summed E-state index contributed by atoms with van der Waals surface area (Å²) in [6.45, 7) is 9.19. The van der Waals surface area contributed by atoms with E-state index in [1.165, 1.54) is 50.4 Å². The van der Waals surface area contributed by atoms with Crippen molar-refractivity contribution in [2.45, 2.75) is 102 Å². The minimum atomic E-state index is -1.79. The number of allylic oxidation sites excluding steroid dienone is 1. The topological polar surface area (TPSA) is 148 Å². The molecule has 11 nitrogen and oxygen atoms in total. The van der Waals surface area contributed by atoms with Crippen LogP contribution in [0.4, 0.5) is 14.5 Å². The highest BCUT2D eigenvalue weighted by atomic mass is 35.5. The molecule has 3 aromatic rings. The molecule has 0 aromatic heterocycles. The van der Waals surface area contributed by atoms with Gasteiger partial charge in [0.05, 0.1) is 29.9 Å². The molecule has 0 radical (unpaired) electrons. The van der Waals surface area contributed by atoms with E-state index in [1.807, 2.05) is 46.0 Å². The van der Waals surface area contributed by atoms with Crippen molar-refractivity contribution in [2.75, 3.05) is 19.5 Å². The number of halogens is 4. The van der Waals surface area contributed by atoms with Gasteiger partial charge in [0.15, 0.2) is 0 Å². The molecule has 0 spiro atoms. The van der Waals surface area contributed by atoms with Crippen molar-refractivity contribution in [2.24, 2.45) is 5.41 Å². The first kappa shape index (κ1) is 45.4. The summed E-state index contributed by atoms with van der Waals surface area (Å²) in [5, 5.41) is 25.1. The van der Waals surface area contributed by atoms with Gasteiger partial charge in [-0.15, -0.1) is 0 Å². The molecule has 1 saturated carbocycles. The molecule has 4 atom stereocenters. The molecular formula is C43H52BCl2F2N7O4. The summed E-state index contributed by atoms with van der Waals surface area (Å²) < 4.78 is 37.8. The lowest BCUT2D eigenvalue weighted by Gasteiger charge is -2.37. The van der Waals surface area contributed by atoms with E-state index in [1.54, 1.807) is 12.1 Å². The largest absolute Gasteiger partial charge is 0.495 e. The average Bonchev–Trinajstić information content (AvgIpc) is 3.49. The first-order valence-electron chi connectivity index (χ1n) is 19.7. The molecule has 3 aromatic carbocycles. The lowest BCUT2D eigenvalue weighted by atomic mass is 9.62. The Balaban J connectivity index is 1.36. The van der Waals surface area contributed by atoms with Gasteiger partial charge in [-0.1, -0.05) is 75.0 Å². The molecule has 5 N–H and O–H groups in total. The number of nitrogens with zero attached hydrogens (tertiary/aromatic N) is 2. The summed E-state index contributed by atoms with van der Waals surface area (Å²) in [6.07, 6.45) is 5.79. The monoisotopic (exact) mass is 849 g/mol. The smallest absolute Gasteiger partial charge is 0.242 e. The Morgan fingerprint density at radius 1 is 1.07 bits per heavy atom. The van der Waals surface area contributed by atoms with E-state index in [0.29, 0.717) is 19.4 Å². The van der Waals surface area contributed by atoms with Crippen LogP contribution in [0.2, 0.25) is 15.9 Å². The summed E-state index contributed by atoms with van der Waals surface area (Å²) in [4.78, 5) is 39.3. The maximum absolute atomic E-state index is 16.1. The van der Waals surface area contributed by atoms with E-state index in [0.717, 1.165) is 37.4 Å². The number of methoxy groups -OCH3 is 1. The van der Waals surface area contributed by atoms with Gasteiger partial charge >= 0.3 is 0 Å². The van der Waals surface area contributed by atoms with Crippen LogP contribution in [0.15, 0.2) is 66.5 Å². The molecule has 3 amide bonds. The lowest BCUT2D eigenvalue weighted by Crippen LogP contribution is -2.45. The van der Waals surface area contributed by atoms with E-state index < -0.39 is 46.4 Å². The van der Waals surface area contributed by atoms with E-state index in [2.05, 4.69) is 32.7 Å². The number of hydrazine groups is 1. The second-order valence-electron chi connectivity index (χ2n) is 16.6. The maximum Gasteiger partial charge on any atom is 0.242 e. The average molecular weight is 851 g/mol. The summed E-state index contributed by atoms with van der Waals surface area (Å²) in [5.74, 6) is -3.45. The standard InChI is InChI=1S/C43H52BCl2F2N7O4/c1-24(51-25(2)56)22-55(50-6)29-15-12-27(13-16-29)44-54-40(57)26-11-18-34(35(19-26)59-7)52-41(58)39-37(30-9-8-10-32(46)38(30)48)43(23-49,36(53-39)21-42(3,4)5)31-17-14-28(45)20-33(31)47/h8-11,14,17-20,22,27,29,36-37,39,44,50,53H,12-13,15-16,21H2,1-7H3,(H,51,56)(H,52,58)(H,54,57)/b24-22+/t27?,29?,36-,37-,39+,43-/m0/s1. The van der Waals surface area contributed by atoms with Gasteiger partial charge in [-0.2, -0.15) is 5.26 Å². The maximum atomic E-state index is 16.1. The summed E-state index contributed by atoms with van der Waals surface area (Å²) in [5.41, 5.74) is 2.22. The Morgan fingerprint density at radius 3 is 2.39 bits per heavy atom. The van der Waals surface area contributed by atoms with Crippen molar-refractivity contribution in [1.82, 2.24) is 26.3 Å². The molecule has 5 rings (SSSR count). The molecule has 0 bridgehead atoms. The van der Waals surface area contributed by atoms with Crippen LogP contribution in [0, 0.1) is 28.4 Å². The Labute approximate surface area is 355 Å². The third-order valence-corrected chi connectivity index (χ3v) is 11.7. The summed E-state index contributed by atoms with van der Waals surface area (Å²) in [7, 11) is 3.73. The van der Waals surface area contributed by atoms with Crippen LogP contribution in [-0.4, -0.2) is 62.4 Å². The molecule has 16 heteroatoms. The predicted octanol–water partition coefficient (Wildman–Crippen LogP) is 7.49. The lowest BCUT2D eigenvalue weighted by molar-refractivity contribution is -0.119. The Hall–Kier alpha value is -4.68. The molecule has 1 saturated heterocycles. The van der Waals surface area contributed by atoms with Crippen molar-refractivity contribution in [1.29, 1.82) is 5.26 Å². The van der Waals surface area contributed by atoms with Gasteiger partial charge in [0.25, 0.3) is 0 Å². The third kappa shape index (κ3) is 10.4. The van der Waals surface area contributed by atoms with Gasteiger partial charge in [0.2, 0.25) is 25.1 Å². The number of carbonyl (C=O) groups excluding carboxylic acids is 3. The molecule has 2 aliphatic rings. The van der Waals surface area contributed by atoms with Crippen molar-refractivity contribution in [3.63, 3.8) is 0 Å². The molecule has 1 aliphatic carbocycles. The van der Waals surface area contributed by atoms with E-state index in [4.69, 9.17) is 27.9 Å². The minimum absolute atomic E-state index is 0.0295. The summed E-state index contributed by atoms with van der Waals surface area (Å²) >= 11 is 12.4. The van der Waals surface area contributed by atoms with Crippen LogP contribution < -0.4 is 31.3 Å². The zero-order chi connectivity index (χ0) is 43.2. The SMILES string of the molecule is CNN(/C=C(\C)NC(C)=O)C1CCC(BNC(=O)c2ccc(NC(=O)[C@@H]3N[C@@H](CC(C)(C)C)[C@](C#N)(c4ccc(Cl)cc4F)[C@H]3c3cccc(Cl)c3F)c(OC)c2)CC1.